The summed E-state index contributed by atoms with van der Waals surface area (Å²) in [5.41, 5.74) is 3.38. The van der Waals surface area contributed by atoms with Crippen molar-refractivity contribution < 1.29 is 4.79 Å². The first-order valence-electron chi connectivity index (χ1n) is 8.74. The van der Waals surface area contributed by atoms with Crippen LogP contribution in [0.3, 0.4) is 0 Å². The van der Waals surface area contributed by atoms with Crippen molar-refractivity contribution in [2.24, 2.45) is 0 Å². The zero-order chi connectivity index (χ0) is 17.7. The lowest BCUT2D eigenvalue weighted by atomic mass is 10.0. The van der Waals surface area contributed by atoms with Gasteiger partial charge in [0.05, 0.1) is 11.2 Å². The van der Waals surface area contributed by atoms with Crippen molar-refractivity contribution >= 4 is 32.7 Å². The van der Waals surface area contributed by atoms with E-state index in [2.05, 4.69) is 31.2 Å². The number of amides is 1. The molecule has 2 aliphatic heterocycles. The summed E-state index contributed by atoms with van der Waals surface area (Å²) in [6.45, 7) is 1.71. The van der Waals surface area contributed by atoms with E-state index in [0.29, 0.717) is 12.1 Å². The highest BCUT2D eigenvalue weighted by atomic mass is 79.9. The summed E-state index contributed by atoms with van der Waals surface area (Å²) in [5, 5.41) is 4.41. The molecule has 2 aliphatic rings. The van der Waals surface area contributed by atoms with Gasteiger partial charge in [-0.05, 0) is 36.8 Å². The Morgan fingerprint density at radius 2 is 2.12 bits per heavy atom. The van der Waals surface area contributed by atoms with Gasteiger partial charge in [0.1, 0.15) is 6.33 Å². The third kappa shape index (κ3) is 2.61. The first kappa shape index (κ1) is 15.9. The van der Waals surface area contributed by atoms with Crippen LogP contribution in [0.2, 0.25) is 0 Å². The van der Waals surface area contributed by atoms with Gasteiger partial charge in [-0.25, -0.2) is 9.97 Å². The molecule has 2 saturated heterocycles. The molecule has 130 valence electrons. The fourth-order valence-corrected chi connectivity index (χ4v) is 4.39. The lowest BCUT2D eigenvalue weighted by Gasteiger charge is -2.27. The Balaban J connectivity index is 1.55. The molecular formula is C20H17BrN4O. The molecule has 2 atom stereocenters. The number of aromatic nitrogens is 2. The van der Waals surface area contributed by atoms with Crippen LogP contribution in [0.5, 0.6) is 0 Å². The number of hydrogen-bond acceptors (Lipinski definition) is 4. The molecule has 0 saturated carbocycles. The van der Waals surface area contributed by atoms with E-state index >= 15 is 0 Å². The van der Waals surface area contributed by atoms with Crippen molar-refractivity contribution in [1.82, 2.24) is 20.2 Å². The lowest BCUT2D eigenvalue weighted by Crippen LogP contribution is -2.46. The average Bonchev–Trinajstić information content (AvgIpc) is 3.30. The molecule has 2 fully saturated rings. The van der Waals surface area contributed by atoms with Crippen LogP contribution < -0.4 is 5.32 Å². The SMILES string of the molecule is O=C(c1cccc(-c2ncnc3ccc(Br)cc23)c1)N1CC2CC1CN2. The predicted molar refractivity (Wildman–Crippen MR) is 104 cm³/mol. The van der Waals surface area contributed by atoms with Crippen LogP contribution in [0.4, 0.5) is 0 Å². The molecule has 5 nitrogen and oxygen atoms in total. The summed E-state index contributed by atoms with van der Waals surface area (Å²) in [7, 11) is 0. The summed E-state index contributed by atoms with van der Waals surface area (Å²) in [5.74, 6) is 0.111. The van der Waals surface area contributed by atoms with Crippen molar-refractivity contribution in [1.29, 1.82) is 0 Å². The maximum atomic E-state index is 13.0. The molecule has 2 unspecified atom stereocenters. The van der Waals surface area contributed by atoms with E-state index < -0.39 is 0 Å². The van der Waals surface area contributed by atoms with Crippen molar-refractivity contribution in [3.05, 3.63) is 58.8 Å². The van der Waals surface area contributed by atoms with Crippen molar-refractivity contribution in [3.8, 4) is 11.3 Å². The Labute approximate surface area is 159 Å². The van der Waals surface area contributed by atoms with Crippen LogP contribution in [0, 0.1) is 0 Å². The Morgan fingerprint density at radius 3 is 2.92 bits per heavy atom. The summed E-state index contributed by atoms with van der Waals surface area (Å²) in [6, 6.07) is 14.5. The second kappa shape index (κ2) is 6.14. The van der Waals surface area contributed by atoms with Crippen LogP contribution in [-0.4, -0.2) is 45.9 Å². The minimum atomic E-state index is 0.111. The van der Waals surface area contributed by atoms with Gasteiger partial charge in [0, 0.05) is 46.2 Å². The van der Waals surface area contributed by atoms with E-state index in [-0.39, 0.29) is 5.91 Å². The van der Waals surface area contributed by atoms with Crippen LogP contribution in [0.15, 0.2) is 53.3 Å². The minimum absolute atomic E-state index is 0.111. The number of benzene rings is 2. The number of nitrogens with one attached hydrogen (secondary N) is 1. The number of piperazine rings is 1. The molecular weight excluding hydrogens is 392 g/mol. The average molecular weight is 409 g/mol. The van der Waals surface area contributed by atoms with Crippen LogP contribution >= 0.6 is 15.9 Å². The number of likely N-dealkylation sites (tertiary alicyclic amines) is 1. The summed E-state index contributed by atoms with van der Waals surface area (Å²) in [4.78, 5) is 23.8. The highest BCUT2D eigenvalue weighted by Gasteiger charge is 2.40. The number of halogens is 1. The van der Waals surface area contributed by atoms with Crippen molar-refractivity contribution in [2.75, 3.05) is 13.1 Å². The van der Waals surface area contributed by atoms with Gasteiger partial charge in [-0.2, -0.15) is 0 Å². The molecule has 0 radical (unpaired) electrons. The van der Waals surface area contributed by atoms with Gasteiger partial charge in [-0.15, -0.1) is 0 Å². The molecule has 26 heavy (non-hydrogen) atoms. The van der Waals surface area contributed by atoms with Gasteiger partial charge >= 0.3 is 0 Å². The molecule has 2 bridgehead atoms. The number of carbonyl (C=O) groups is 1. The number of carbonyl (C=O) groups excluding carboxylic acids is 1. The third-order valence-corrected chi connectivity index (χ3v) is 5.79. The van der Waals surface area contributed by atoms with Gasteiger partial charge in [0.2, 0.25) is 0 Å². The third-order valence-electron chi connectivity index (χ3n) is 5.30. The van der Waals surface area contributed by atoms with Gasteiger partial charge < -0.3 is 10.2 Å². The van der Waals surface area contributed by atoms with E-state index in [0.717, 1.165) is 51.7 Å². The Kier molecular flexibility index (Phi) is 3.76. The van der Waals surface area contributed by atoms with E-state index in [1.54, 1.807) is 6.33 Å². The fraction of sp³-hybridized carbons (Fsp3) is 0.250. The standard InChI is InChI=1S/C20H17BrN4O/c21-14-4-5-18-17(7-14)19(24-11-23-18)12-2-1-3-13(6-12)20(26)25-10-15-8-16(25)9-22-15/h1-7,11,15-16,22H,8-10H2. The van der Waals surface area contributed by atoms with E-state index in [4.69, 9.17) is 0 Å². The van der Waals surface area contributed by atoms with Crippen LogP contribution in [0.25, 0.3) is 22.2 Å². The van der Waals surface area contributed by atoms with Gasteiger partial charge in [-0.1, -0.05) is 28.1 Å². The van der Waals surface area contributed by atoms with Crippen molar-refractivity contribution in [2.45, 2.75) is 18.5 Å². The number of hydrogen-bond donors (Lipinski definition) is 1. The smallest absolute Gasteiger partial charge is 0.254 e. The lowest BCUT2D eigenvalue weighted by molar-refractivity contribution is 0.0716. The Bertz CT molecular complexity index is 1020. The molecule has 0 aliphatic carbocycles. The zero-order valence-electron chi connectivity index (χ0n) is 14.0. The van der Waals surface area contributed by atoms with Gasteiger partial charge in [-0.3, -0.25) is 4.79 Å². The highest BCUT2D eigenvalue weighted by Crippen LogP contribution is 2.30. The molecule has 3 aromatic rings. The van der Waals surface area contributed by atoms with Gasteiger partial charge in [0.15, 0.2) is 0 Å². The normalized spacial score (nSPS) is 21.5. The van der Waals surface area contributed by atoms with Crippen LogP contribution in [0.1, 0.15) is 16.8 Å². The van der Waals surface area contributed by atoms with E-state index in [9.17, 15) is 4.79 Å². The largest absolute Gasteiger partial charge is 0.333 e. The molecule has 0 spiro atoms. The fourth-order valence-electron chi connectivity index (χ4n) is 4.03. The quantitative estimate of drug-likeness (QED) is 0.706. The summed E-state index contributed by atoms with van der Waals surface area (Å²) in [6.07, 6.45) is 2.64. The molecule has 1 amide bonds. The van der Waals surface area contributed by atoms with Crippen molar-refractivity contribution in [3.63, 3.8) is 0 Å². The topological polar surface area (TPSA) is 58.1 Å². The predicted octanol–water partition coefficient (Wildman–Crippen LogP) is 3.25. The van der Waals surface area contributed by atoms with Crippen LogP contribution in [-0.2, 0) is 0 Å². The number of fused-ring (bicyclic) bond motifs is 3. The molecule has 2 aromatic carbocycles. The molecule has 5 rings (SSSR count). The zero-order valence-corrected chi connectivity index (χ0v) is 15.6. The molecule has 1 N–H and O–H groups in total. The van der Waals surface area contributed by atoms with Gasteiger partial charge in [0.25, 0.3) is 5.91 Å². The summed E-state index contributed by atoms with van der Waals surface area (Å²) >= 11 is 3.52. The maximum absolute atomic E-state index is 13.0. The second-order valence-electron chi connectivity index (χ2n) is 6.92. The van der Waals surface area contributed by atoms with E-state index in [1.165, 1.54) is 0 Å². The molecule has 6 heteroatoms. The first-order chi connectivity index (χ1) is 12.7. The van der Waals surface area contributed by atoms with E-state index in [1.807, 2.05) is 47.4 Å². The molecule has 1 aromatic heterocycles. The minimum Gasteiger partial charge on any atom is -0.333 e. The Hall–Kier alpha value is -2.31. The monoisotopic (exact) mass is 408 g/mol. The number of nitrogens with zero attached hydrogens (tertiary/aromatic N) is 3. The second-order valence-corrected chi connectivity index (χ2v) is 7.83. The molecule has 3 heterocycles. The maximum Gasteiger partial charge on any atom is 0.254 e. The highest BCUT2D eigenvalue weighted by molar-refractivity contribution is 9.10. The Morgan fingerprint density at radius 1 is 1.19 bits per heavy atom. The first-order valence-corrected chi connectivity index (χ1v) is 9.53. The summed E-state index contributed by atoms with van der Waals surface area (Å²) < 4.78 is 0.980. The number of rotatable bonds is 2.